The Morgan fingerprint density at radius 1 is 1.41 bits per heavy atom. The van der Waals surface area contributed by atoms with E-state index >= 15 is 0 Å². The molecular formula is C13H19ClFNO. The number of rotatable bonds is 6. The van der Waals surface area contributed by atoms with Gasteiger partial charge in [-0.2, -0.15) is 0 Å². The zero-order valence-electron chi connectivity index (χ0n) is 10.3. The summed E-state index contributed by atoms with van der Waals surface area (Å²) < 4.78 is 13.5. The lowest BCUT2D eigenvalue weighted by Crippen LogP contribution is -2.30. The molecule has 96 valence electrons. The summed E-state index contributed by atoms with van der Waals surface area (Å²) in [7, 11) is 0. The zero-order chi connectivity index (χ0) is 12.9. The average molecular weight is 260 g/mol. The quantitative estimate of drug-likeness (QED) is 0.823. The third kappa shape index (κ3) is 4.62. The Bertz CT molecular complexity index is 348. The number of nitrogens with one attached hydrogen (secondary N) is 1. The second kappa shape index (κ2) is 6.34. The van der Waals surface area contributed by atoms with Crippen molar-refractivity contribution in [1.82, 2.24) is 5.32 Å². The third-order valence-corrected chi connectivity index (χ3v) is 3.11. The molecule has 0 aliphatic rings. The van der Waals surface area contributed by atoms with E-state index in [4.69, 9.17) is 16.7 Å². The molecule has 0 spiro atoms. The Hall–Kier alpha value is -0.640. The fourth-order valence-electron chi connectivity index (χ4n) is 1.62. The van der Waals surface area contributed by atoms with Gasteiger partial charge >= 0.3 is 0 Å². The molecule has 0 saturated carbocycles. The molecule has 0 atom stereocenters. The molecule has 1 aromatic carbocycles. The number of halogens is 2. The van der Waals surface area contributed by atoms with Gasteiger partial charge in [0.15, 0.2) is 0 Å². The Morgan fingerprint density at radius 3 is 2.71 bits per heavy atom. The molecule has 0 aliphatic heterocycles. The van der Waals surface area contributed by atoms with Gasteiger partial charge in [0.1, 0.15) is 5.82 Å². The first-order valence-electron chi connectivity index (χ1n) is 5.71. The molecule has 0 aromatic heterocycles. The highest BCUT2D eigenvalue weighted by Crippen LogP contribution is 2.21. The van der Waals surface area contributed by atoms with Crippen molar-refractivity contribution >= 4 is 11.6 Å². The molecule has 0 aliphatic carbocycles. The molecule has 0 bridgehead atoms. The molecule has 0 amide bonds. The van der Waals surface area contributed by atoms with E-state index in [1.165, 1.54) is 6.07 Å². The van der Waals surface area contributed by atoms with E-state index in [-0.39, 0.29) is 17.8 Å². The summed E-state index contributed by atoms with van der Waals surface area (Å²) in [6.07, 6.45) is 0.713. The molecule has 0 fully saturated rings. The van der Waals surface area contributed by atoms with Gasteiger partial charge in [-0.3, -0.25) is 0 Å². The van der Waals surface area contributed by atoms with Gasteiger partial charge in [-0.1, -0.05) is 31.5 Å². The topological polar surface area (TPSA) is 32.3 Å². The zero-order valence-corrected chi connectivity index (χ0v) is 11.0. The molecule has 0 radical (unpaired) electrons. The first-order valence-corrected chi connectivity index (χ1v) is 6.08. The fourth-order valence-corrected chi connectivity index (χ4v) is 1.85. The minimum Gasteiger partial charge on any atom is -0.396 e. The molecule has 0 saturated heterocycles. The molecule has 0 heterocycles. The van der Waals surface area contributed by atoms with E-state index in [0.717, 1.165) is 0 Å². The highest BCUT2D eigenvalue weighted by molar-refractivity contribution is 6.31. The van der Waals surface area contributed by atoms with Crippen molar-refractivity contribution in [3.05, 3.63) is 34.6 Å². The van der Waals surface area contributed by atoms with Gasteiger partial charge in [0.25, 0.3) is 0 Å². The third-order valence-electron chi connectivity index (χ3n) is 2.76. The van der Waals surface area contributed by atoms with E-state index in [0.29, 0.717) is 30.1 Å². The van der Waals surface area contributed by atoms with E-state index in [1.807, 2.05) is 0 Å². The van der Waals surface area contributed by atoms with Gasteiger partial charge in [0.2, 0.25) is 0 Å². The summed E-state index contributed by atoms with van der Waals surface area (Å²) in [4.78, 5) is 0. The highest BCUT2D eigenvalue weighted by atomic mass is 35.5. The Labute approximate surface area is 107 Å². The molecule has 4 heteroatoms. The minimum atomic E-state index is -0.287. The Morgan fingerprint density at radius 2 is 2.12 bits per heavy atom. The molecule has 1 rings (SSSR count). The van der Waals surface area contributed by atoms with Crippen molar-refractivity contribution in [2.45, 2.75) is 26.8 Å². The van der Waals surface area contributed by atoms with Crippen LogP contribution in [0.15, 0.2) is 18.2 Å². The first kappa shape index (κ1) is 14.4. The monoisotopic (exact) mass is 259 g/mol. The number of hydrogen-bond acceptors (Lipinski definition) is 2. The second-order valence-corrected chi connectivity index (χ2v) is 5.35. The molecule has 17 heavy (non-hydrogen) atoms. The Kier molecular flexibility index (Phi) is 5.37. The van der Waals surface area contributed by atoms with Crippen LogP contribution in [0.1, 0.15) is 25.8 Å². The van der Waals surface area contributed by atoms with Crippen molar-refractivity contribution in [1.29, 1.82) is 0 Å². The van der Waals surface area contributed by atoms with Crippen LogP contribution in [0.25, 0.3) is 0 Å². The SMILES string of the molecule is CC(C)(CCO)CNCc1c(F)cccc1Cl. The van der Waals surface area contributed by atoms with Gasteiger partial charge in [0, 0.05) is 30.3 Å². The summed E-state index contributed by atoms with van der Waals surface area (Å²) in [5.41, 5.74) is 0.487. The van der Waals surface area contributed by atoms with E-state index in [1.54, 1.807) is 12.1 Å². The molecule has 2 N–H and O–H groups in total. The number of aliphatic hydroxyl groups excluding tert-OH is 1. The van der Waals surface area contributed by atoms with E-state index in [9.17, 15) is 4.39 Å². The normalized spacial score (nSPS) is 11.8. The lowest BCUT2D eigenvalue weighted by molar-refractivity contribution is 0.207. The molecular weight excluding hydrogens is 241 g/mol. The summed E-state index contributed by atoms with van der Waals surface area (Å²) in [5.74, 6) is -0.287. The smallest absolute Gasteiger partial charge is 0.129 e. The molecule has 2 nitrogen and oxygen atoms in total. The maximum Gasteiger partial charge on any atom is 0.129 e. The summed E-state index contributed by atoms with van der Waals surface area (Å²) in [5, 5.41) is 12.5. The minimum absolute atomic E-state index is 0.00746. The standard InChI is InChI=1S/C13H19ClFNO/c1-13(2,6-7-17)9-16-8-10-11(14)4-3-5-12(10)15/h3-5,16-17H,6-9H2,1-2H3. The van der Waals surface area contributed by atoms with Crippen LogP contribution >= 0.6 is 11.6 Å². The van der Waals surface area contributed by atoms with Crippen LogP contribution in [0, 0.1) is 11.2 Å². The van der Waals surface area contributed by atoms with Gasteiger partial charge < -0.3 is 10.4 Å². The van der Waals surface area contributed by atoms with Crippen molar-refractivity contribution in [2.75, 3.05) is 13.2 Å². The van der Waals surface area contributed by atoms with Crippen molar-refractivity contribution in [3.8, 4) is 0 Å². The number of hydrogen-bond donors (Lipinski definition) is 2. The van der Waals surface area contributed by atoms with Crippen LogP contribution in [-0.4, -0.2) is 18.3 Å². The maximum absolute atomic E-state index is 13.5. The van der Waals surface area contributed by atoms with Crippen LogP contribution in [0.3, 0.4) is 0 Å². The first-order chi connectivity index (χ1) is 7.96. The van der Waals surface area contributed by atoms with Crippen LogP contribution in [0.4, 0.5) is 4.39 Å². The van der Waals surface area contributed by atoms with Crippen molar-refractivity contribution < 1.29 is 9.50 Å². The second-order valence-electron chi connectivity index (χ2n) is 4.94. The van der Waals surface area contributed by atoms with Crippen molar-refractivity contribution in [3.63, 3.8) is 0 Å². The summed E-state index contributed by atoms with van der Waals surface area (Å²) in [6.45, 7) is 5.38. The van der Waals surface area contributed by atoms with Crippen LogP contribution in [0.2, 0.25) is 5.02 Å². The predicted octanol–water partition coefficient (Wildman–Crippen LogP) is 2.98. The lowest BCUT2D eigenvalue weighted by Gasteiger charge is -2.24. The maximum atomic E-state index is 13.5. The highest BCUT2D eigenvalue weighted by Gasteiger charge is 2.17. The Balaban J connectivity index is 2.51. The molecule has 0 unspecified atom stereocenters. The summed E-state index contributed by atoms with van der Waals surface area (Å²) >= 11 is 5.92. The van der Waals surface area contributed by atoms with Crippen LogP contribution < -0.4 is 5.32 Å². The largest absolute Gasteiger partial charge is 0.396 e. The molecule has 1 aromatic rings. The van der Waals surface area contributed by atoms with Gasteiger partial charge in [-0.15, -0.1) is 0 Å². The van der Waals surface area contributed by atoms with Gasteiger partial charge in [-0.05, 0) is 24.0 Å². The predicted molar refractivity (Wildman–Crippen MR) is 68.6 cm³/mol. The lowest BCUT2D eigenvalue weighted by atomic mass is 9.90. The van der Waals surface area contributed by atoms with Gasteiger partial charge in [0.05, 0.1) is 0 Å². The number of benzene rings is 1. The van der Waals surface area contributed by atoms with Gasteiger partial charge in [-0.25, -0.2) is 4.39 Å². The van der Waals surface area contributed by atoms with E-state index < -0.39 is 0 Å². The number of aliphatic hydroxyl groups is 1. The van der Waals surface area contributed by atoms with E-state index in [2.05, 4.69) is 19.2 Å². The van der Waals surface area contributed by atoms with Crippen LogP contribution in [0.5, 0.6) is 0 Å². The fraction of sp³-hybridized carbons (Fsp3) is 0.538. The van der Waals surface area contributed by atoms with Crippen molar-refractivity contribution in [2.24, 2.45) is 5.41 Å². The average Bonchev–Trinajstić information content (AvgIpc) is 2.22. The van der Waals surface area contributed by atoms with Crippen LogP contribution in [-0.2, 0) is 6.54 Å². The summed E-state index contributed by atoms with van der Waals surface area (Å²) in [6, 6.07) is 4.68.